The average molecular weight is 381 g/mol. The minimum absolute atomic E-state index is 0.0559. The Bertz CT molecular complexity index is 964. The highest BCUT2D eigenvalue weighted by Gasteiger charge is 2.29. The molecule has 1 aromatic carbocycles. The summed E-state index contributed by atoms with van der Waals surface area (Å²) in [6.45, 7) is 1.79. The van der Waals surface area contributed by atoms with Crippen LogP contribution in [0, 0.1) is 6.92 Å². The molecule has 1 N–H and O–H groups in total. The monoisotopic (exact) mass is 381 g/mol. The molecule has 0 fully saturated rings. The number of tetrazole rings is 1. The lowest BCUT2D eigenvalue weighted by Crippen LogP contribution is -2.38. The van der Waals surface area contributed by atoms with E-state index >= 15 is 0 Å². The summed E-state index contributed by atoms with van der Waals surface area (Å²) in [5, 5.41) is 14.9. The number of furan rings is 1. The standard InChI is InChI=1S/C20H23N5O3/c1-13-22-23-24-25(13)18(12-14-5-3-6-15(11-14)27-2)20(26)21-17-7-4-8-19-16(17)9-10-28-19/h3,5-6,9-11,17-18H,4,7-8,12H2,1-2H3,(H,21,26)/t17-,18+/m1/s1. The molecule has 1 aliphatic carbocycles. The van der Waals surface area contributed by atoms with Gasteiger partial charge in [-0.25, -0.2) is 4.68 Å². The maximum absolute atomic E-state index is 13.3. The summed E-state index contributed by atoms with van der Waals surface area (Å²) in [5.74, 6) is 2.19. The second-order valence-corrected chi connectivity index (χ2v) is 6.99. The molecule has 0 saturated heterocycles. The minimum Gasteiger partial charge on any atom is -0.497 e. The molecule has 1 amide bonds. The van der Waals surface area contributed by atoms with Crippen molar-refractivity contribution in [3.63, 3.8) is 0 Å². The van der Waals surface area contributed by atoms with E-state index < -0.39 is 6.04 Å². The molecule has 146 valence electrons. The summed E-state index contributed by atoms with van der Waals surface area (Å²) in [7, 11) is 1.63. The lowest BCUT2D eigenvalue weighted by atomic mass is 9.93. The second kappa shape index (κ2) is 7.84. The van der Waals surface area contributed by atoms with Crippen LogP contribution in [0.2, 0.25) is 0 Å². The van der Waals surface area contributed by atoms with Gasteiger partial charge in [0.1, 0.15) is 23.4 Å². The molecule has 8 heteroatoms. The molecule has 3 aromatic rings. The smallest absolute Gasteiger partial charge is 0.245 e. The Morgan fingerprint density at radius 3 is 3.11 bits per heavy atom. The Balaban J connectivity index is 1.59. The molecule has 0 spiro atoms. The highest BCUT2D eigenvalue weighted by atomic mass is 16.5. The van der Waals surface area contributed by atoms with Crippen LogP contribution in [0.4, 0.5) is 0 Å². The van der Waals surface area contributed by atoms with Crippen molar-refractivity contribution >= 4 is 5.91 Å². The van der Waals surface area contributed by atoms with E-state index in [9.17, 15) is 4.79 Å². The molecular weight excluding hydrogens is 358 g/mol. The molecule has 1 aliphatic rings. The number of aryl methyl sites for hydroxylation is 2. The van der Waals surface area contributed by atoms with Gasteiger partial charge < -0.3 is 14.5 Å². The maximum atomic E-state index is 13.3. The van der Waals surface area contributed by atoms with Gasteiger partial charge in [0.15, 0.2) is 0 Å². The van der Waals surface area contributed by atoms with Crippen LogP contribution in [0.1, 0.15) is 47.6 Å². The lowest BCUT2D eigenvalue weighted by molar-refractivity contribution is -0.125. The Kier molecular flexibility index (Phi) is 5.10. The van der Waals surface area contributed by atoms with Gasteiger partial charge in [-0.15, -0.1) is 5.10 Å². The fourth-order valence-electron chi connectivity index (χ4n) is 3.74. The summed E-state index contributed by atoms with van der Waals surface area (Å²) >= 11 is 0. The third-order valence-corrected chi connectivity index (χ3v) is 5.19. The normalized spacial score (nSPS) is 17.0. The van der Waals surface area contributed by atoms with Gasteiger partial charge in [-0.05, 0) is 54.0 Å². The zero-order valence-corrected chi connectivity index (χ0v) is 16.0. The molecule has 28 heavy (non-hydrogen) atoms. The van der Waals surface area contributed by atoms with Crippen molar-refractivity contribution in [1.82, 2.24) is 25.5 Å². The Morgan fingerprint density at radius 2 is 2.32 bits per heavy atom. The molecule has 8 nitrogen and oxygen atoms in total. The van der Waals surface area contributed by atoms with Crippen molar-refractivity contribution in [3.8, 4) is 5.75 Å². The average Bonchev–Trinajstić information content (AvgIpc) is 3.35. The summed E-state index contributed by atoms with van der Waals surface area (Å²) in [6, 6.07) is 9.02. The van der Waals surface area contributed by atoms with Crippen LogP contribution in [-0.4, -0.2) is 33.2 Å². The third-order valence-electron chi connectivity index (χ3n) is 5.19. The number of aromatic nitrogens is 4. The first-order valence-corrected chi connectivity index (χ1v) is 9.39. The quantitative estimate of drug-likeness (QED) is 0.705. The zero-order valence-electron chi connectivity index (χ0n) is 16.0. The van der Waals surface area contributed by atoms with Gasteiger partial charge in [-0.1, -0.05) is 12.1 Å². The number of hydrogen-bond acceptors (Lipinski definition) is 6. The van der Waals surface area contributed by atoms with Crippen LogP contribution in [0.3, 0.4) is 0 Å². The van der Waals surface area contributed by atoms with E-state index in [1.54, 1.807) is 25.0 Å². The predicted molar refractivity (Wildman–Crippen MR) is 101 cm³/mol. The van der Waals surface area contributed by atoms with Crippen LogP contribution in [0.15, 0.2) is 41.0 Å². The number of nitrogens with zero attached hydrogens (tertiary/aromatic N) is 4. The first kappa shape index (κ1) is 18.2. The van der Waals surface area contributed by atoms with Gasteiger partial charge in [0.25, 0.3) is 0 Å². The van der Waals surface area contributed by atoms with E-state index in [4.69, 9.17) is 9.15 Å². The number of rotatable bonds is 6. The number of benzene rings is 1. The predicted octanol–water partition coefficient (Wildman–Crippen LogP) is 2.56. The van der Waals surface area contributed by atoms with Crippen LogP contribution in [0.5, 0.6) is 5.75 Å². The molecule has 0 radical (unpaired) electrons. The van der Waals surface area contributed by atoms with E-state index in [0.717, 1.165) is 41.9 Å². The van der Waals surface area contributed by atoms with Crippen LogP contribution in [-0.2, 0) is 17.6 Å². The first-order valence-electron chi connectivity index (χ1n) is 9.39. The van der Waals surface area contributed by atoms with Crippen LogP contribution >= 0.6 is 0 Å². The molecule has 0 aliphatic heterocycles. The third kappa shape index (κ3) is 3.62. The summed E-state index contributed by atoms with van der Waals surface area (Å²) < 4.78 is 12.4. The minimum atomic E-state index is -0.556. The van der Waals surface area contributed by atoms with Gasteiger partial charge in [0.2, 0.25) is 5.91 Å². The molecule has 2 aromatic heterocycles. The number of hydrogen-bond donors (Lipinski definition) is 1. The SMILES string of the molecule is COc1cccc(C[C@@H](C(=O)N[C@@H]2CCCc3occc32)n2nnnc2C)c1. The van der Waals surface area contributed by atoms with Crippen LogP contribution in [0.25, 0.3) is 0 Å². The number of methoxy groups -OCH3 is 1. The highest BCUT2D eigenvalue weighted by molar-refractivity contribution is 5.81. The van der Waals surface area contributed by atoms with E-state index in [0.29, 0.717) is 12.2 Å². The van der Waals surface area contributed by atoms with Crippen LogP contribution < -0.4 is 10.1 Å². The van der Waals surface area contributed by atoms with E-state index in [2.05, 4.69) is 20.8 Å². The molecule has 2 atom stereocenters. The van der Waals surface area contributed by atoms with Gasteiger partial charge in [0, 0.05) is 18.4 Å². The Morgan fingerprint density at radius 1 is 1.43 bits per heavy atom. The fraction of sp³-hybridized carbons (Fsp3) is 0.400. The van der Waals surface area contributed by atoms with E-state index in [-0.39, 0.29) is 11.9 Å². The number of nitrogens with one attached hydrogen (secondary N) is 1. The first-order chi connectivity index (χ1) is 13.7. The fourth-order valence-corrected chi connectivity index (χ4v) is 3.74. The van der Waals surface area contributed by atoms with E-state index in [1.165, 1.54) is 0 Å². The second-order valence-electron chi connectivity index (χ2n) is 6.99. The van der Waals surface area contributed by atoms with E-state index in [1.807, 2.05) is 30.3 Å². The topological polar surface area (TPSA) is 95.1 Å². The molecule has 2 heterocycles. The number of carbonyl (C=O) groups is 1. The number of fused-ring (bicyclic) bond motifs is 1. The largest absolute Gasteiger partial charge is 0.497 e. The van der Waals surface area contributed by atoms with Crippen molar-refractivity contribution in [2.45, 2.75) is 44.7 Å². The van der Waals surface area contributed by atoms with Crippen molar-refractivity contribution in [2.75, 3.05) is 7.11 Å². The molecule has 0 bridgehead atoms. The molecular formula is C20H23N5O3. The molecule has 0 unspecified atom stereocenters. The van der Waals surface area contributed by atoms with Gasteiger partial charge in [-0.2, -0.15) is 0 Å². The van der Waals surface area contributed by atoms with Crippen molar-refractivity contribution in [3.05, 3.63) is 59.3 Å². The Labute approximate surface area is 162 Å². The number of amides is 1. The zero-order chi connectivity index (χ0) is 19.5. The van der Waals surface area contributed by atoms with Gasteiger partial charge >= 0.3 is 0 Å². The highest BCUT2D eigenvalue weighted by Crippen LogP contribution is 2.31. The summed E-state index contributed by atoms with van der Waals surface area (Å²) in [4.78, 5) is 13.3. The molecule has 0 saturated carbocycles. The van der Waals surface area contributed by atoms with Crippen molar-refractivity contribution in [1.29, 1.82) is 0 Å². The lowest BCUT2D eigenvalue weighted by Gasteiger charge is -2.25. The van der Waals surface area contributed by atoms with Crippen molar-refractivity contribution in [2.24, 2.45) is 0 Å². The summed E-state index contributed by atoms with van der Waals surface area (Å²) in [5.41, 5.74) is 2.04. The van der Waals surface area contributed by atoms with Gasteiger partial charge in [0.05, 0.1) is 19.4 Å². The van der Waals surface area contributed by atoms with Crippen molar-refractivity contribution < 1.29 is 13.9 Å². The Hall–Kier alpha value is -3.16. The summed E-state index contributed by atoms with van der Waals surface area (Å²) in [6.07, 6.45) is 4.93. The maximum Gasteiger partial charge on any atom is 0.245 e. The molecule has 4 rings (SSSR count). The van der Waals surface area contributed by atoms with Gasteiger partial charge in [-0.3, -0.25) is 4.79 Å². The number of ether oxygens (including phenoxy) is 1. The number of carbonyl (C=O) groups excluding carboxylic acids is 1.